The van der Waals surface area contributed by atoms with Gasteiger partial charge >= 0.3 is 0 Å². The molecule has 2 heterocycles. The first-order chi connectivity index (χ1) is 20.7. The summed E-state index contributed by atoms with van der Waals surface area (Å²) in [5.74, 6) is 1.85. The monoisotopic (exact) mass is 589 g/mol. The first-order valence-electron chi connectivity index (χ1n) is 16.1. The number of benzene rings is 1. The molecule has 0 saturated heterocycles. The molecule has 0 bridgehead atoms. The van der Waals surface area contributed by atoms with Crippen LogP contribution in [0.5, 0.6) is 0 Å². The Labute approximate surface area is 260 Å². The maximum absolute atomic E-state index is 10.4. The van der Waals surface area contributed by atoms with Crippen molar-refractivity contribution in [1.82, 2.24) is 15.3 Å². The summed E-state index contributed by atoms with van der Waals surface area (Å²) in [5, 5.41) is 28.6. The van der Waals surface area contributed by atoms with Crippen LogP contribution in [0.2, 0.25) is 0 Å². The van der Waals surface area contributed by atoms with E-state index in [0.717, 1.165) is 81.9 Å². The summed E-state index contributed by atoms with van der Waals surface area (Å²) >= 11 is 0. The molecule has 43 heavy (non-hydrogen) atoms. The van der Waals surface area contributed by atoms with E-state index in [0.29, 0.717) is 0 Å². The highest BCUT2D eigenvalue weighted by Gasteiger charge is 2.33. The second kappa shape index (κ2) is 16.2. The fraction of sp³-hybridized carbons (Fsp3) is 0.556. The average Bonchev–Trinajstić information content (AvgIpc) is 3.46. The van der Waals surface area contributed by atoms with Gasteiger partial charge in [0.1, 0.15) is 11.6 Å². The van der Waals surface area contributed by atoms with Gasteiger partial charge in [0, 0.05) is 43.7 Å². The van der Waals surface area contributed by atoms with Gasteiger partial charge < -0.3 is 26.2 Å². The number of aliphatic hydroxyl groups is 2. The SMILES string of the molecule is CCc1c(CNc2cc(C)cc(C)n2)c(CC)c(CNC2(CO)CCCC2)c(CC)c1CNc1cc(C)cc(C)n1.CO. The number of anilines is 2. The zero-order chi connectivity index (χ0) is 31.6. The zero-order valence-electron chi connectivity index (χ0n) is 27.9. The summed E-state index contributed by atoms with van der Waals surface area (Å²) < 4.78 is 0. The summed E-state index contributed by atoms with van der Waals surface area (Å²) in [7, 11) is 1.00. The molecule has 236 valence electrons. The van der Waals surface area contributed by atoms with Crippen LogP contribution >= 0.6 is 0 Å². The standard InChI is InChI=1S/C35H51N5O.CH4O/c1-8-27-30(19-36-33-17-23(4)15-25(6)39-33)28(9-2)32(21-38-35(22-41)13-11-12-14-35)29(10-3)31(27)20-37-34-18-24(5)16-26(7)40-34;1-2/h15-18,38,41H,8-14,19-22H2,1-7H3,(H,36,39)(H,37,40);2H,1H3. The van der Waals surface area contributed by atoms with Crippen LogP contribution in [0.15, 0.2) is 24.3 Å². The van der Waals surface area contributed by atoms with Crippen LogP contribution in [-0.4, -0.2) is 39.4 Å². The van der Waals surface area contributed by atoms with E-state index in [1.54, 1.807) is 0 Å². The third-order valence-electron chi connectivity index (χ3n) is 8.84. The number of rotatable bonds is 13. The van der Waals surface area contributed by atoms with Gasteiger partial charge in [-0.25, -0.2) is 9.97 Å². The summed E-state index contributed by atoms with van der Waals surface area (Å²) in [5.41, 5.74) is 12.8. The molecule has 7 nitrogen and oxygen atoms in total. The summed E-state index contributed by atoms with van der Waals surface area (Å²) in [4.78, 5) is 9.54. The molecular formula is C36H55N5O2. The van der Waals surface area contributed by atoms with Gasteiger partial charge in [-0.3, -0.25) is 0 Å². The number of hydrogen-bond acceptors (Lipinski definition) is 7. The molecule has 4 rings (SSSR count). The fourth-order valence-corrected chi connectivity index (χ4v) is 6.95. The van der Waals surface area contributed by atoms with Crippen LogP contribution in [0.1, 0.15) is 102 Å². The van der Waals surface area contributed by atoms with E-state index in [-0.39, 0.29) is 12.1 Å². The Hall–Kier alpha value is -3.00. The Balaban J connectivity index is 0.00000248. The molecule has 0 atom stereocenters. The molecule has 1 fully saturated rings. The average molecular weight is 590 g/mol. The molecule has 2 aromatic heterocycles. The van der Waals surface area contributed by atoms with Gasteiger partial charge in [0.05, 0.1) is 6.61 Å². The molecule has 0 amide bonds. The van der Waals surface area contributed by atoms with Crippen LogP contribution in [0.3, 0.4) is 0 Å². The molecule has 3 aromatic rings. The van der Waals surface area contributed by atoms with E-state index in [2.05, 4.69) is 88.7 Å². The quantitative estimate of drug-likeness (QED) is 0.153. The van der Waals surface area contributed by atoms with E-state index in [1.165, 1.54) is 57.3 Å². The number of nitrogens with one attached hydrogen (secondary N) is 3. The van der Waals surface area contributed by atoms with Gasteiger partial charge in [0.25, 0.3) is 0 Å². The summed E-state index contributed by atoms with van der Waals surface area (Å²) in [6.07, 6.45) is 7.33. The normalized spacial score (nSPS) is 13.9. The predicted octanol–water partition coefficient (Wildman–Crippen LogP) is 6.62. The maximum atomic E-state index is 10.4. The lowest BCUT2D eigenvalue weighted by Gasteiger charge is -2.31. The summed E-state index contributed by atoms with van der Waals surface area (Å²) in [6, 6.07) is 8.49. The predicted molar refractivity (Wildman–Crippen MR) is 180 cm³/mol. The molecule has 7 heteroatoms. The van der Waals surface area contributed by atoms with Gasteiger partial charge in [0.2, 0.25) is 0 Å². The van der Waals surface area contributed by atoms with Gasteiger partial charge in [-0.2, -0.15) is 0 Å². The molecule has 1 aromatic carbocycles. The Morgan fingerprint density at radius 2 is 1.02 bits per heavy atom. The van der Waals surface area contributed by atoms with Crippen LogP contribution in [0.25, 0.3) is 0 Å². The third-order valence-corrected chi connectivity index (χ3v) is 8.84. The van der Waals surface area contributed by atoms with Crippen molar-refractivity contribution in [3.05, 3.63) is 80.2 Å². The first-order valence-corrected chi connectivity index (χ1v) is 16.1. The lowest BCUT2D eigenvalue weighted by molar-refractivity contribution is 0.162. The zero-order valence-corrected chi connectivity index (χ0v) is 27.9. The smallest absolute Gasteiger partial charge is 0.126 e. The van der Waals surface area contributed by atoms with E-state index in [1.807, 2.05) is 0 Å². The van der Waals surface area contributed by atoms with Crippen LogP contribution in [-0.2, 0) is 38.9 Å². The minimum atomic E-state index is -0.164. The molecule has 0 spiro atoms. The van der Waals surface area contributed by atoms with Gasteiger partial charge in [-0.05, 0) is 129 Å². The van der Waals surface area contributed by atoms with Gasteiger partial charge in [0.15, 0.2) is 0 Å². The molecular weight excluding hydrogens is 534 g/mol. The topological polar surface area (TPSA) is 102 Å². The van der Waals surface area contributed by atoms with Crippen molar-refractivity contribution >= 4 is 11.6 Å². The number of hydrogen-bond donors (Lipinski definition) is 5. The molecule has 1 saturated carbocycles. The molecule has 1 aliphatic carbocycles. The van der Waals surface area contributed by atoms with E-state index < -0.39 is 0 Å². The molecule has 0 unspecified atom stereocenters. The number of aryl methyl sites for hydroxylation is 4. The van der Waals surface area contributed by atoms with Crippen molar-refractivity contribution in [3.8, 4) is 0 Å². The minimum absolute atomic E-state index is 0.164. The number of aromatic nitrogens is 2. The van der Waals surface area contributed by atoms with E-state index in [9.17, 15) is 5.11 Å². The number of pyridine rings is 2. The molecule has 5 N–H and O–H groups in total. The van der Waals surface area contributed by atoms with Crippen molar-refractivity contribution in [2.75, 3.05) is 24.4 Å². The van der Waals surface area contributed by atoms with Crippen molar-refractivity contribution in [3.63, 3.8) is 0 Å². The van der Waals surface area contributed by atoms with E-state index in [4.69, 9.17) is 15.1 Å². The lowest BCUT2D eigenvalue weighted by Crippen LogP contribution is -2.45. The Bertz CT molecular complexity index is 1220. The Kier molecular flexibility index (Phi) is 13.0. The molecule has 0 radical (unpaired) electrons. The molecule has 0 aliphatic heterocycles. The van der Waals surface area contributed by atoms with Crippen LogP contribution < -0.4 is 16.0 Å². The van der Waals surface area contributed by atoms with Crippen molar-refractivity contribution in [2.24, 2.45) is 0 Å². The Morgan fingerprint density at radius 1 is 0.628 bits per heavy atom. The van der Waals surface area contributed by atoms with E-state index >= 15 is 0 Å². The first kappa shape index (κ1) is 34.5. The highest BCUT2D eigenvalue weighted by molar-refractivity contribution is 5.55. The van der Waals surface area contributed by atoms with Gasteiger partial charge in [-0.1, -0.05) is 33.6 Å². The van der Waals surface area contributed by atoms with Crippen LogP contribution in [0, 0.1) is 27.7 Å². The van der Waals surface area contributed by atoms with Crippen LogP contribution in [0.4, 0.5) is 11.6 Å². The van der Waals surface area contributed by atoms with Crippen molar-refractivity contribution in [1.29, 1.82) is 0 Å². The second-order valence-electron chi connectivity index (χ2n) is 12.0. The number of aliphatic hydroxyl groups excluding tert-OH is 2. The number of nitrogens with zero attached hydrogens (tertiary/aromatic N) is 2. The van der Waals surface area contributed by atoms with Gasteiger partial charge in [-0.15, -0.1) is 0 Å². The largest absolute Gasteiger partial charge is 0.400 e. The minimum Gasteiger partial charge on any atom is -0.400 e. The van der Waals surface area contributed by atoms with Crippen molar-refractivity contribution < 1.29 is 10.2 Å². The Morgan fingerprint density at radius 3 is 1.37 bits per heavy atom. The highest BCUT2D eigenvalue weighted by atomic mass is 16.3. The third kappa shape index (κ3) is 8.55. The lowest BCUT2D eigenvalue weighted by atomic mass is 9.82. The molecule has 1 aliphatic rings. The highest BCUT2D eigenvalue weighted by Crippen LogP contribution is 2.34. The second-order valence-corrected chi connectivity index (χ2v) is 12.0. The maximum Gasteiger partial charge on any atom is 0.126 e. The van der Waals surface area contributed by atoms with Crippen molar-refractivity contribution in [2.45, 2.75) is 119 Å². The summed E-state index contributed by atoms with van der Waals surface area (Å²) in [6.45, 7) is 17.6. The fourth-order valence-electron chi connectivity index (χ4n) is 6.95.